The van der Waals surface area contributed by atoms with Crippen LogP contribution in [-0.2, 0) is 4.79 Å². The van der Waals surface area contributed by atoms with Crippen LogP contribution in [0.1, 0.15) is 23.0 Å². The van der Waals surface area contributed by atoms with E-state index in [2.05, 4.69) is 22.1 Å². The summed E-state index contributed by atoms with van der Waals surface area (Å²) in [6.07, 6.45) is 1.44. The van der Waals surface area contributed by atoms with Crippen LogP contribution in [0.25, 0.3) is 0 Å². The molecule has 4 N–H and O–H groups in total. The number of aliphatic hydroxyl groups is 1. The number of nitrogens with two attached hydrogens (primary N) is 1. The van der Waals surface area contributed by atoms with E-state index in [0.717, 1.165) is 0 Å². The summed E-state index contributed by atoms with van der Waals surface area (Å²) < 4.78 is 0. The topological polar surface area (TPSA) is 105 Å². The van der Waals surface area contributed by atoms with E-state index in [1.165, 1.54) is 13.1 Å². The highest BCUT2D eigenvalue weighted by atomic mass is 16.2. The molecule has 6 heteroatoms. The number of rotatable bonds is 3. The fourth-order valence-corrected chi connectivity index (χ4v) is 1.16. The second-order valence-corrected chi connectivity index (χ2v) is 3.46. The molecule has 1 atom stereocenters. The molecule has 1 unspecified atom stereocenters. The number of nitrogens with one attached hydrogen (secondary N) is 1. The van der Waals surface area contributed by atoms with E-state index < -0.39 is 17.9 Å². The minimum absolute atomic E-state index is 0.0894. The number of primary amides is 1. The van der Waals surface area contributed by atoms with Crippen molar-refractivity contribution in [2.24, 2.45) is 5.73 Å². The molecule has 1 heterocycles. The molecule has 6 nitrogen and oxygen atoms in total. The monoisotopic (exact) mass is 247 g/mol. The van der Waals surface area contributed by atoms with Gasteiger partial charge in [0.25, 0.3) is 5.91 Å². The summed E-state index contributed by atoms with van der Waals surface area (Å²) in [6, 6.07) is 2.42. The summed E-state index contributed by atoms with van der Waals surface area (Å²) in [5.74, 6) is 3.86. The molecule has 0 aromatic carbocycles. The van der Waals surface area contributed by atoms with Gasteiger partial charge in [0.2, 0.25) is 5.91 Å². The van der Waals surface area contributed by atoms with Crippen LogP contribution in [0, 0.1) is 11.8 Å². The predicted octanol–water partition coefficient (Wildman–Crippen LogP) is -0.971. The third kappa shape index (κ3) is 3.57. The summed E-state index contributed by atoms with van der Waals surface area (Å²) in [6.45, 7) is 1.16. The van der Waals surface area contributed by atoms with Crippen molar-refractivity contribution < 1.29 is 14.7 Å². The highest BCUT2D eigenvalue weighted by molar-refractivity contribution is 5.97. The number of carbonyl (C=O) groups excluding carboxylic acids is 2. The Kier molecular flexibility index (Phi) is 4.84. The maximum absolute atomic E-state index is 11.8. The molecule has 0 saturated carbocycles. The maximum Gasteiger partial charge on any atom is 0.271 e. The van der Waals surface area contributed by atoms with Gasteiger partial charge in [0.1, 0.15) is 18.3 Å². The largest absolute Gasteiger partial charge is 0.384 e. The number of aliphatic hydroxyl groups excluding tert-OH is 1. The maximum atomic E-state index is 11.8. The molecular weight excluding hydrogens is 234 g/mol. The molecule has 1 rings (SSSR count). The Bertz CT molecular complexity index is 517. The first-order valence-electron chi connectivity index (χ1n) is 5.21. The van der Waals surface area contributed by atoms with Crippen molar-refractivity contribution in [1.82, 2.24) is 10.3 Å². The minimum atomic E-state index is -0.793. The Morgan fingerprint density at radius 1 is 1.61 bits per heavy atom. The van der Waals surface area contributed by atoms with Crippen molar-refractivity contribution in [1.29, 1.82) is 0 Å². The van der Waals surface area contributed by atoms with Crippen molar-refractivity contribution >= 4 is 11.8 Å². The SMILES string of the molecule is CC(NC(=O)c1ncccc1C#CCO)C(N)=O. The average Bonchev–Trinajstić information content (AvgIpc) is 2.36. The Labute approximate surface area is 104 Å². The number of nitrogens with zero attached hydrogens (tertiary/aromatic N) is 1. The van der Waals surface area contributed by atoms with Crippen LogP contribution in [-0.4, -0.2) is 34.6 Å². The van der Waals surface area contributed by atoms with Crippen molar-refractivity contribution in [2.45, 2.75) is 13.0 Å². The van der Waals surface area contributed by atoms with Gasteiger partial charge in [-0.25, -0.2) is 4.98 Å². The van der Waals surface area contributed by atoms with Crippen molar-refractivity contribution in [3.63, 3.8) is 0 Å². The lowest BCUT2D eigenvalue weighted by atomic mass is 10.1. The molecule has 18 heavy (non-hydrogen) atoms. The van der Waals surface area contributed by atoms with E-state index >= 15 is 0 Å². The Morgan fingerprint density at radius 2 is 2.33 bits per heavy atom. The number of hydrogen-bond donors (Lipinski definition) is 3. The number of pyridine rings is 1. The predicted molar refractivity (Wildman–Crippen MR) is 64.3 cm³/mol. The van der Waals surface area contributed by atoms with Crippen LogP contribution < -0.4 is 11.1 Å². The molecule has 0 radical (unpaired) electrons. The zero-order valence-corrected chi connectivity index (χ0v) is 9.80. The number of carbonyl (C=O) groups is 2. The molecule has 0 aliphatic rings. The second-order valence-electron chi connectivity index (χ2n) is 3.46. The van der Waals surface area contributed by atoms with Crippen LogP contribution in [0.5, 0.6) is 0 Å². The molecular formula is C12H13N3O3. The summed E-state index contributed by atoms with van der Waals surface area (Å²) >= 11 is 0. The zero-order valence-electron chi connectivity index (χ0n) is 9.80. The smallest absolute Gasteiger partial charge is 0.271 e. The lowest BCUT2D eigenvalue weighted by Gasteiger charge is -2.10. The lowest BCUT2D eigenvalue weighted by molar-refractivity contribution is -0.119. The van der Waals surface area contributed by atoms with E-state index in [0.29, 0.717) is 5.56 Å². The van der Waals surface area contributed by atoms with Gasteiger partial charge < -0.3 is 16.2 Å². The van der Waals surface area contributed by atoms with Gasteiger partial charge in [-0.1, -0.05) is 11.8 Å². The van der Waals surface area contributed by atoms with Crippen molar-refractivity contribution in [3.8, 4) is 11.8 Å². The Hall–Kier alpha value is -2.39. The standard InChI is InChI=1S/C12H13N3O3/c1-8(11(13)17)15-12(18)10-9(5-3-7-16)4-2-6-14-10/h2,4,6,8,16H,7H2,1H3,(H2,13,17)(H,15,18). The molecule has 0 spiro atoms. The summed E-state index contributed by atoms with van der Waals surface area (Å²) in [5.41, 5.74) is 5.51. The van der Waals surface area contributed by atoms with Crippen LogP contribution in [0.4, 0.5) is 0 Å². The summed E-state index contributed by atoms with van der Waals surface area (Å²) in [7, 11) is 0. The molecule has 0 bridgehead atoms. The van der Waals surface area contributed by atoms with E-state index in [4.69, 9.17) is 10.8 Å². The van der Waals surface area contributed by atoms with Crippen molar-refractivity contribution in [3.05, 3.63) is 29.6 Å². The fourth-order valence-electron chi connectivity index (χ4n) is 1.16. The third-order valence-electron chi connectivity index (χ3n) is 2.10. The first-order valence-corrected chi connectivity index (χ1v) is 5.21. The van der Waals surface area contributed by atoms with Gasteiger partial charge in [-0.15, -0.1) is 0 Å². The average molecular weight is 247 g/mol. The summed E-state index contributed by atoms with van der Waals surface area (Å²) in [4.78, 5) is 26.6. The van der Waals surface area contributed by atoms with E-state index in [-0.39, 0.29) is 12.3 Å². The van der Waals surface area contributed by atoms with Gasteiger partial charge in [-0.3, -0.25) is 9.59 Å². The minimum Gasteiger partial charge on any atom is -0.384 e. The van der Waals surface area contributed by atoms with Crippen LogP contribution in [0.15, 0.2) is 18.3 Å². The van der Waals surface area contributed by atoms with E-state index in [9.17, 15) is 9.59 Å². The van der Waals surface area contributed by atoms with E-state index in [1.807, 2.05) is 0 Å². The molecule has 1 aromatic rings. The van der Waals surface area contributed by atoms with Crippen LogP contribution >= 0.6 is 0 Å². The van der Waals surface area contributed by atoms with Gasteiger partial charge in [-0.2, -0.15) is 0 Å². The molecule has 2 amide bonds. The highest BCUT2D eigenvalue weighted by Crippen LogP contribution is 2.03. The van der Waals surface area contributed by atoms with Gasteiger partial charge in [0.05, 0.1) is 5.56 Å². The van der Waals surface area contributed by atoms with Crippen LogP contribution in [0.3, 0.4) is 0 Å². The molecule has 0 fully saturated rings. The Morgan fingerprint density at radius 3 is 2.94 bits per heavy atom. The Balaban J connectivity index is 2.95. The molecule has 94 valence electrons. The van der Waals surface area contributed by atoms with E-state index in [1.54, 1.807) is 12.1 Å². The molecule has 0 saturated heterocycles. The molecule has 0 aliphatic heterocycles. The lowest BCUT2D eigenvalue weighted by Crippen LogP contribution is -2.42. The van der Waals surface area contributed by atoms with Crippen molar-refractivity contribution in [2.75, 3.05) is 6.61 Å². The molecule has 0 aliphatic carbocycles. The normalized spacial score (nSPS) is 11.0. The second kappa shape index (κ2) is 6.37. The third-order valence-corrected chi connectivity index (χ3v) is 2.10. The molecule has 1 aromatic heterocycles. The highest BCUT2D eigenvalue weighted by Gasteiger charge is 2.16. The first kappa shape index (κ1) is 13.7. The quantitative estimate of drug-likeness (QED) is 0.597. The number of hydrogen-bond acceptors (Lipinski definition) is 4. The summed E-state index contributed by atoms with van der Waals surface area (Å²) in [5, 5.41) is 11.0. The first-order chi connectivity index (χ1) is 8.56. The van der Waals surface area contributed by atoms with Gasteiger partial charge in [0, 0.05) is 6.20 Å². The number of aromatic nitrogens is 1. The van der Waals surface area contributed by atoms with Gasteiger partial charge >= 0.3 is 0 Å². The zero-order chi connectivity index (χ0) is 13.5. The van der Waals surface area contributed by atoms with Gasteiger partial charge in [-0.05, 0) is 19.1 Å². The number of amides is 2. The fraction of sp³-hybridized carbons (Fsp3) is 0.250. The van der Waals surface area contributed by atoms with Gasteiger partial charge in [0.15, 0.2) is 0 Å². The van der Waals surface area contributed by atoms with Crippen LogP contribution in [0.2, 0.25) is 0 Å².